The van der Waals surface area contributed by atoms with Crippen molar-refractivity contribution in [3.05, 3.63) is 41.6 Å². The summed E-state index contributed by atoms with van der Waals surface area (Å²) in [6.45, 7) is 4.43. The number of hydrogen-bond acceptors (Lipinski definition) is 4. The lowest BCUT2D eigenvalue weighted by Crippen LogP contribution is -2.39. The number of nitrogens with one attached hydrogen (secondary N) is 2. The molecule has 2 N–H and O–H groups in total. The molecule has 0 spiro atoms. The van der Waals surface area contributed by atoms with Crippen LogP contribution in [-0.2, 0) is 26.4 Å². The fourth-order valence-corrected chi connectivity index (χ4v) is 2.69. The van der Waals surface area contributed by atoms with Crippen molar-refractivity contribution in [2.75, 3.05) is 25.1 Å². The van der Waals surface area contributed by atoms with Gasteiger partial charge in [-0.25, -0.2) is 4.99 Å². The minimum absolute atomic E-state index is 0. The Morgan fingerprint density at radius 3 is 2.84 bits per heavy atom. The highest BCUT2D eigenvalue weighted by Gasteiger charge is 2.06. The third kappa shape index (κ3) is 7.72. The molecule has 0 saturated carbocycles. The van der Waals surface area contributed by atoms with Crippen LogP contribution in [0.4, 0.5) is 0 Å². The molecule has 0 fully saturated rings. The van der Waals surface area contributed by atoms with Gasteiger partial charge in [0, 0.05) is 44.1 Å². The van der Waals surface area contributed by atoms with Crippen LogP contribution < -0.4 is 10.6 Å². The highest BCUT2D eigenvalue weighted by atomic mass is 127. The van der Waals surface area contributed by atoms with Crippen LogP contribution in [0.5, 0.6) is 0 Å². The fourth-order valence-electron chi connectivity index (χ4n) is 2.38. The van der Waals surface area contributed by atoms with Crippen molar-refractivity contribution in [3.8, 4) is 0 Å². The second-order valence-electron chi connectivity index (χ2n) is 5.47. The lowest BCUT2D eigenvalue weighted by atomic mass is 10.2. The van der Waals surface area contributed by atoms with E-state index in [0.717, 1.165) is 49.1 Å². The van der Waals surface area contributed by atoms with Gasteiger partial charge in [-0.1, -0.05) is 6.92 Å². The molecule has 2 heterocycles. The van der Waals surface area contributed by atoms with Gasteiger partial charge in [0.2, 0.25) is 0 Å². The Labute approximate surface area is 171 Å². The number of aromatic nitrogens is 2. The average Bonchev–Trinajstić information content (AvgIpc) is 3.21. The van der Waals surface area contributed by atoms with Gasteiger partial charge < -0.3 is 15.1 Å². The standard InChI is InChI=1S/C17H27N5OS.HI/c1-4-16-14(13-22(2)21-16)12-20-17(19-9-11-24-3)18-8-7-15-6-5-10-23-15;/h5-6,10,13H,4,7-9,11-12H2,1-3H3,(H2,18,19,20);1H. The summed E-state index contributed by atoms with van der Waals surface area (Å²) in [5, 5.41) is 11.2. The maximum absolute atomic E-state index is 5.36. The van der Waals surface area contributed by atoms with E-state index in [1.165, 1.54) is 5.56 Å². The van der Waals surface area contributed by atoms with Gasteiger partial charge in [0.1, 0.15) is 5.76 Å². The molecule has 0 unspecified atom stereocenters. The van der Waals surface area contributed by atoms with Gasteiger partial charge >= 0.3 is 0 Å². The van der Waals surface area contributed by atoms with Crippen molar-refractivity contribution < 1.29 is 4.42 Å². The monoisotopic (exact) mass is 477 g/mol. The Hall–Kier alpha value is -1.16. The Bertz CT molecular complexity index is 627. The number of aryl methyl sites for hydroxylation is 2. The maximum atomic E-state index is 5.36. The summed E-state index contributed by atoms with van der Waals surface area (Å²) in [6.07, 6.45) is 7.61. The molecule has 2 aromatic heterocycles. The first-order valence-corrected chi connectivity index (χ1v) is 9.67. The minimum Gasteiger partial charge on any atom is -0.469 e. The van der Waals surface area contributed by atoms with Crippen molar-refractivity contribution in [1.82, 2.24) is 20.4 Å². The zero-order valence-corrected chi connectivity index (χ0v) is 18.3. The van der Waals surface area contributed by atoms with E-state index in [-0.39, 0.29) is 24.0 Å². The lowest BCUT2D eigenvalue weighted by Gasteiger charge is -2.11. The van der Waals surface area contributed by atoms with E-state index in [2.05, 4.69) is 28.9 Å². The molecule has 0 aliphatic carbocycles. The summed E-state index contributed by atoms with van der Waals surface area (Å²) in [5.41, 5.74) is 2.29. The van der Waals surface area contributed by atoms with Crippen LogP contribution in [0, 0.1) is 0 Å². The summed E-state index contributed by atoms with van der Waals surface area (Å²) in [5.74, 6) is 2.86. The molecule has 8 heteroatoms. The molecule has 140 valence electrons. The number of furan rings is 1. The summed E-state index contributed by atoms with van der Waals surface area (Å²) in [7, 11) is 1.95. The summed E-state index contributed by atoms with van der Waals surface area (Å²) in [6, 6.07) is 3.90. The van der Waals surface area contributed by atoms with E-state index in [4.69, 9.17) is 9.41 Å². The highest BCUT2D eigenvalue weighted by Crippen LogP contribution is 2.08. The van der Waals surface area contributed by atoms with Gasteiger partial charge in [-0.3, -0.25) is 4.68 Å². The SMILES string of the molecule is CCc1nn(C)cc1CN=C(NCCSC)NCCc1ccco1.I. The first-order valence-electron chi connectivity index (χ1n) is 8.27. The van der Waals surface area contributed by atoms with E-state index < -0.39 is 0 Å². The molecule has 2 aromatic rings. The van der Waals surface area contributed by atoms with Crippen molar-refractivity contribution in [3.63, 3.8) is 0 Å². The Balaban J connectivity index is 0.00000312. The van der Waals surface area contributed by atoms with Gasteiger partial charge in [0.15, 0.2) is 5.96 Å². The van der Waals surface area contributed by atoms with Crippen LogP contribution in [-0.4, -0.2) is 40.8 Å². The number of rotatable bonds is 9. The molecule has 0 atom stereocenters. The third-order valence-corrected chi connectivity index (χ3v) is 4.19. The van der Waals surface area contributed by atoms with Gasteiger partial charge in [-0.15, -0.1) is 24.0 Å². The maximum Gasteiger partial charge on any atom is 0.191 e. The van der Waals surface area contributed by atoms with Crippen molar-refractivity contribution >= 4 is 41.7 Å². The average molecular weight is 477 g/mol. The van der Waals surface area contributed by atoms with E-state index in [0.29, 0.717) is 6.54 Å². The van der Waals surface area contributed by atoms with Crippen LogP contribution in [0.1, 0.15) is 23.9 Å². The Kier molecular flexibility index (Phi) is 10.7. The molecule has 0 bridgehead atoms. The van der Waals surface area contributed by atoms with Crippen molar-refractivity contribution in [2.24, 2.45) is 12.0 Å². The summed E-state index contributed by atoms with van der Waals surface area (Å²) < 4.78 is 7.22. The van der Waals surface area contributed by atoms with Gasteiger partial charge in [-0.2, -0.15) is 16.9 Å². The van der Waals surface area contributed by atoms with Crippen molar-refractivity contribution in [1.29, 1.82) is 0 Å². The second-order valence-corrected chi connectivity index (χ2v) is 6.45. The van der Waals surface area contributed by atoms with Crippen LogP contribution in [0.3, 0.4) is 0 Å². The third-order valence-electron chi connectivity index (χ3n) is 3.58. The molecule has 0 amide bonds. The van der Waals surface area contributed by atoms with Crippen LogP contribution in [0.25, 0.3) is 0 Å². The molecule has 2 rings (SSSR count). The zero-order valence-electron chi connectivity index (χ0n) is 15.1. The number of nitrogens with zero attached hydrogens (tertiary/aromatic N) is 3. The quantitative estimate of drug-likeness (QED) is 0.252. The summed E-state index contributed by atoms with van der Waals surface area (Å²) >= 11 is 1.82. The number of guanidine groups is 1. The van der Waals surface area contributed by atoms with E-state index in [1.807, 2.05) is 41.8 Å². The van der Waals surface area contributed by atoms with Crippen LogP contribution >= 0.6 is 35.7 Å². The molecule has 0 radical (unpaired) electrons. The molecule has 0 aliphatic rings. The Morgan fingerprint density at radius 2 is 2.16 bits per heavy atom. The van der Waals surface area contributed by atoms with E-state index in [1.54, 1.807) is 6.26 Å². The number of thioether (sulfide) groups is 1. The number of aliphatic imine (C=N–C) groups is 1. The lowest BCUT2D eigenvalue weighted by molar-refractivity contribution is 0.507. The van der Waals surface area contributed by atoms with Gasteiger partial charge in [-0.05, 0) is 24.8 Å². The molecular weight excluding hydrogens is 449 g/mol. The largest absolute Gasteiger partial charge is 0.469 e. The normalized spacial score (nSPS) is 11.2. The van der Waals surface area contributed by atoms with Gasteiger partial charge in [0.25, 0.3) is 0 Å². The number of halogens is 1. The zero-order chi connectivity index (χ0) is 17.2. The van der Waals surface area contributed by atoms with E-state index >= 15 is 0 Å². The summed E-state index contributed by atoms with van der Waals surface area (Å²) in [4.78, 5) is 4.71. The molecule has 25 heavy (non-hydrogen) atoms. The fraction of sp³-hybridized carbons (Fsp3) is 0.529. The van der Waals surface area contributed by atoms with E-state index in [9.17, 15) is 0 Å². The predicted molar refractivity (Wildman–Crippen MR) is 116 cm³/mol. The molecule has 0 aromatic carbocycles. The molecule has 0 saturated heterocycles. The molecule has 0 aliphatic heterocycles. The molecular formula is C17H28IN5OS. The van der Waals surface area contributed by atoms with Crippen molar-refractivity contribution in [2.45, 2.75) is 26.3 Å². The Morgan fingerprint density at radius 1 is 1.36 bits per heavy atom. The highest BCUT2D eigenvalue weighted by molar-refractivity contribution is 14.0. The first-order chi connectivity index (χ1) is 11.7. The molecule has 6 nitrogen and oxygen atoms in total. The minimum atomic E-state index is 0. The van der Waals surface area contributed by atoms with Crippen LogP contribution in [0.15, 0.2) is 34.0 Å². The first kappa shape index (κ1) is 21.9. The number of hydrogen-bond donors (Lipinski definition) is 2. The topological polar surface area (TPSA) is 67.4 Å². The van der Waals surface area contributed by atoms with Gasteiger partial charge in [0.05, 0.1) is 18.5 Å². The van der Waals surface area contributed by atoms with Crippen LogP contribution in [0.2, 0.25) is 0 Å². The predicted octanol–water partition coefficient (Wildman–Crippen LogP) is 2.83. The smallest absolute Gasteiger partial charge is 0.191 e. The second kappa shape index (κ2) is 12.2.